The Bertz CT molecular complexity index is 1430. The minimum atomic E-state index is -0.224. The number of nitrogens with zero attached hydrogens (tertiary/aromatic N) is 2. The Kier molecular flexibility index (Phi) is 7.31. The molecule has 2 heterocycles. The van der Waals surface area contributed by atoms with Gasteiger partial charge in [-0.2, -0.15) is 0 Å². The molecule has 0 N–H and O–H groups in total. The molecule has 1 atom stereocenters. The number of carbonyl (C=O) groups is 2. The van der Waals surface area contributed by atoms with Crippen LogP contribution < -0.4 is 9.64 Å². The van der Waals surface area contributed by atoms with Crippen LogP contribution in [-0.4, -0.2) is 30.3 Å². The molecule has 3 aromatic carbocycles. The summed E-state index contributed by atoms with van der Waals surface area (Å²) in [5, 5.41) is 0. The Morgan fingerprint density at radius 2 is 1.76 bits per heavy atom. The van der Waals surface area contributed by atoms with E-state index in [4.69, 9.17) is 9.15 Å². The van der Waals surface area contributed by atoms with E-state index in [0.29, 0.717) is 24.5 Å². The topological polar surface area (TPSA) is 63.0 Å². The van der Waals surface area contributed by atoms with Gasteiger partial charge in [0.15, 0.2) is 5.76 Å². The van der Waals surface area contributed by atoms with Crippen molar-refractivity contribution in [2.45, 2.75) is 39.3 Å². The summed E-state index contributed by atoms with van der Waals surface area (Å²) >= 11 is 0. The van der Waals surface area contributed by atoms with Crippen LogP contribution in [0.25, 0.3) is 0 Å². The molecule has 1 aliphatic rings. The minimum absolute atomic E-state index is 0.140. The number of amides is 2. The first-order chi connectivity index (χ1) is 18.4. The number of rotatable bonds is 7. The van der Waals surface area contributed by atoms with Gasteiger partial charge < -0.3 is 19.0 Å². The molecule has 1 aliphatic heterocycles. The molecule has 0 spiro atoms. The Morgan fingerprint density at radius 1 is 1.00 bits per heavy atom. The predicted octanol–water partition coefficient (Wildman–Crippen LogP) is 6.33. The van der Waals surface area contributed by atoms with E-state index >= 15 is 0 Å². The van der Waals surface area contributed by atoms with E-state index in [-0.39, 0.29) is 30.2 Å². The normalized spacial score (nSPS) is 14.6. The van der Waals surface area contributed by atoms with Crippen molar-refractivity contribution in [3.63, 3.8) is 0 Å². The fourth-order valence-electron chi connectivity index (χ4n) is 4.92. The summed E-state index contributed by atoms with van der Waals surface area (Å²) in [5.74, 6) is 1.43. The van der Waals surface area contributed by atoms with Gasteiger partial charge in [0.05, 0.1) is 6.04 Å². The molecule has 5 rings (SSSR count). The van der Waals surface area contributed by atoms with Crippen molar-refractivity contribution in [2.75, 3.05) is 18.5 Å². The average Bonchev–Trinajstić information content (AvgIpc) is 3.44. The molecule has 0 unspecified atom stereocenters. The van der Waals surface area contributed by atoms with Crippen LogP contribution in [0.15, 0.2) is 89.3 Å². The molecule has 1 aromatic heterocycles. The fourth-order valence-corrected chi connectivity index (χ4v) is 4.92. The van der Waals surface area contributed by atoms with E-state index < -0.39 is 0 Å². The quantitative estimate of drug-likeness (QED) is 0.293. The summed E-state index contributed by atoms with van der Waals surface area (Å²) in [6, 6.07) is 27.2. The zero-order valence-electron chi connectivity index (χ0n) is 22.0. The molecule has 0 fully saturated rings. The van der Waals surface area contributed by atoms with Crippen LogP contribution in [0.5, 0.6) is 5.75 Å². The number of hydrogen-bond acceptors (Lipinski definition) is 4. The van der Waals surface area contributed by atoms with E-state index in [1.54, 1.807) is 24.1 Å². The SMILES string of the molecule is CCC(=O)N1CCc2ccc(OCc3ccc(C(=O)N(C)c4ccccc4)o3)cc2[C@@H]1c1ccc(C)cc1. The monoisotopic (exact) mass is 508 g/mol. The van der Waals surface area contributed by atoms with Gasteiger partial charge in [-0.15, -0.1) is 0 Å². The van der Waals surface area contributed by atoms with Gasteiger partial charge in [0, 0.05) is 25.7 Å². The second-order valence-electron chi connectivity index (χ2n) is 9.62. The Balaban J connectivity index is 1.34. The minimum Gasteiger partial charge on any atom is -0.486 e. The molecule has 0 aliphatic carbocycles. The molecule has 0 radical (unpaired) electrons. The van der Waals surface area contributed by atoms with Gasteiger partial charge in [-0.05, 0) is 66.4 Å². The zero-order chi connectivity index (χ0) is 26.6. The van der Waals surface area contributed by atoms with Crippen molar-refractivity contribution >= 4 is 17.5 Å². The largest absolute Gasteiger partial charge is 0.486 e. The highest BCUT2D eigenvalue weighted by Crippen LogP contribution is 2.37. The van der Waals surface area contributed by atoms with Gasteiger partial charge in [0.1, 0.15) is 18.1 Å². The number of fused-ring (bicyclic) bond motifs is 1. The van der Waals surface area contributed by atoms with E-state index in [9.17, 15) is 9.59 Å². The van der Waals surface area contributed by atoms with E-state index in [1.807, 2.05) is 54.3 Å². The van der Waals surface area contributed by atoms with Crippen molar-refractivity contribution in [2.24, 2.45) is 0 Å². The third-order valence-corrected chi connectivity index (χ3v) is 7.06. The Labute approximate surface area is 223 Å². The summed E-state index contributed by atoms with van der Waals surface area (Å²) in [6.07, 6.45) is 1.27. The second-order valence-corrected chi connectivity index (χ2v) is 9.62. The lowest BCUT2D eigenvalue weighted by atomic mass is 9.87. The van der Waals surface area contributed by atoms with Gasteiger partial charge in [-0.25, -0.2) is 0 Å². The maximum Gasteiger partial charge on any atom is 0.293 e. The maximum absolute atomic E-state index is 12.9. The molecule has 0 saturated heterocycles. The maximum atomic E-state index is 12.9. The summed E-state index contributed by atoms with van der Waals surface area (Å²) in [6.45, 7) is 4.85. The number of carbonyl (C=O) groups excluding carboxylic acids is 2. The first-order valence-electron chi connectivity index (χ1n) is 13.0. The van der Waals surface area contributed by atoms with Gasteiger partial charge in [-0.1, -0.05) is 61.0 Å². The highest BCUT2D eigenvalue weighted by Gasteiger charge is 2.31. The van der Waals surface area contributed by atoms with Gasteiger partial charge >= 0.3 is 0 Å². The van der Waals surface area contributed by atoms with Crippen molar-refractivity contribution in [1.29, 1.82) is 0 Å². The van der Waals surface area contributed by atoms with Crippen LogP contribution >= 0.6 is 0 Å². The summed E-state index contributed by atoms with van der Waals surface area (Å²) in [4.78, 5) is 29.3. The van der Waals surface area contributed by atoms with Crippen LogP contribution in [-0.2, 0) is 17.8 Å². The smallest absolute Gasteiger partial charge is 0.293 e. The lowest BCUT2D eigenvalue weighted by molar-refractivity contribution is -0.132. The molecule has 4 aromatic rings. The molecule has 6 nitrogen and oxygen atoms in total. The summed E-state index contributed by atoms with van der Waals surface area (Å²) < 4.78 is 11.9. The Morgan fingerprint density at radius 3 is 2.50 bits per heavy atom. The Hall–Kier alpha value is -4.32. The van der Waals surface area contributed by atoms with Gasteiger partial charge in [0.2, 0.25) is 5.91 Å². The van der Waals surface area contributed by atoms with Crippen molar-refractivity contribution < 1.29 is 18.7 Å². The van der Waals surface area contributed by atoms with Crippen molar-refractivity contribution in [1.82, 2.24) is 4.90 Å². The van der Waals surface area contributed by atoms with Gasteiger partial charge in [0.25, 0.3) is 5.91 Å². The molecule has 38 heavy (non-hydrogen) atoms. The number of hydrogen-bond donors (Lipinski definition) is 0. The molecule has 194 valence electrons. The van der Waals surface area contributed by atoms with Crippen molar-refractivity contribution in [3.8, 4) is 5.75 Å². The predicted molar refractivity (Wildman–Crippen MR) is 147 cm³/mol. The lowest BCUT2D eigenvalue weighted by Gasteiger charge is -2.38. The molecular weight excluding hydrogens is 476 g/mol. The number of aryl methyl sites for hydroxylation is 1. The molecule has 0 bridgehead atoms. The number of anilines is 1. The second kappa shape index (κ2) is 11.0. The molecule has 2 amide bonds. The van der Waals surface area contributed by atoms with Crippen LogP contribution in [0.2, 0.25) is 0 Å². The highest BCUT2D eigenvalue weighted by molar-refractivity contribution is 6.03. The van der Waals surface area contributed by atoms with Crippen LogP contribution in [0.4, 0.5) is 5.69 Å². The first kappa shape index (κ1) is 25.3. The van der Waals surface area contributed by atoms with E-state index in [2.05, 4.69) is 37.3 Å². The summed E-state index contributed by atoms with van der Waals surface area (Å²) in [7, 11) is 1.72. The highest BCUT2D eigenvalue weighted by atomic mass is 16.5. The van der Waals surface area contributed by atoms with Crippen molar-refractivity contribution in [3.05, 3.63) is 119 Å². The third-order valence-electron chi connectivity index (χ3n) is 7.06. The van der Waals surface area contributed by atoms with E-state index in [1.165, 1.54) is 11.1 Å². The number of furan rings is 1. The first-order valence-corrected chi connectivity index (χ1v) is 13.0. The molecule has 0 saturated carbocycles. The van der Waals surface area contributed by atoms with Crippen LogP contribution in [0, 0.1) is 6.92 Å². The number of ether oxygens (including phenoxy) is 1. The number of benzene rings is 3. The van der Waals surface area contributed by atoms with Gasteiger partial charge in [-0.3, -0.25) is 9.59 Å². The van der Waals surface area contributed by atoms with E-state index in [0.717, 1.165) is 23.2 Å². The third kappa shape index (κ3) is 5.21. The van der Waals surface area contributed by atoms with Crippen LogP contribution in [0.3, 0.4) is 0 Å². The number of para-hydroxylation sites is 1. The van der Waals surface area contributed by atoms with Crippen LogP contribution in [0.1, 0.15) is 58.0 Å². The molecular formula is C32H32N2O4. The lowest BCUT2D eigenvalue weighted by Crippen LogP contribution is -2.40. The average molecular weight is 509 g/mol. The zero-order valence-corrected chi connectivity index (χ0v) is 22.0. The standard InChI is InChI=1S/C32H32N2O4/c1-4-30(35)34-19-18-23-14-15-26(20-28(23)31(34)24-12-10-22(2)11-13-24)37-21-27-16-17-29(38-27)32(36)33(3)25-8-6-5-7-9-25/h5-17,20,31H,4,18-19,21H2,1-3H3/t31-/m0/s1. The fraction of sp³-hybridized carbons (Fsp3) is 0.250. The summed E-state index contributed by atoms with van der Waals surface area (Å²) in [5.41, 5.74) is 5.37. The molecule has 6 heteroatoms.